The standard InChI is InChI=1S/C18H19BrN2O2S/c1-12(2)15-5-3-4-6-16(15)20-18(24)21-17(22)11-23-14-9-7-13(19)8-10-14/h3-10,12H,11H2,1-2H3,(H2,20,21,22,24). The summed E-state index contributed by atoms with van der Waals surface area (Å²) < 4.78 is 6.37. The normalized spacial score (nSPS) is 10.3. The molecule has 2 aromatic carbocycles. The first-order valence-electron chi connectivity index (χ1n) is 7.54. The van der Waals surface area contributed by atoms with Gasteiger partial charge in [-0.15, -0.1) is 0 Å². The number of ether oxygens (including phenoxy) is 1. The van der Waals surface area contributed by atoms with Crippen molar-refractivity contribution < 1.29 is 9.53 Å². The molecule has 0 aromatic heterocycles. The number of thiocarbonyl (C=S) groups is 1. The van der Waals surface area contributed by atoms with E-state index in [1.807, 2.05) is 36.4 Å². The second-order valence-electron chi connectivity index (χ2n) is 5.49. The fourth-order valence-corrected chi connectivity index (χ4v) is 2.60. The van der Waals surface area contributed by atoms with Crippen LogP contribution >= 0.6 is 28.1 Å². The molecule has 4 nitrogen and oxygen atoms in total. The summed E-state index contributed by atoms with van der Waals surface area (Å²) in [5, 5.41) is 5.95. The van der Waals surface area contributed by atoms with Gasteiger partial charge >= 0.3 is 0 Å². The topological polar surface area (TPSA) is 50.4 Å². The molecule has 0 aliphatic rings. The molecule has 0 aliphatic heterocycles. The minimum Gasteiger partial charge on any atom is -0.484 e. The average molecular weight is 407 g/mol. The first-order chi connectivity index (χ1) is 11.5. The molecule has 0 heterocycles. The maximum atomic E-state index is 11.9. The minimum absolute atomic E-state index is 0.102. The highest BCUT2D eigenvalue weighted by Gasteiger charge is 2.09. The summed E-state index contributed by atoms with van der Waals surface area (Å²) in [6.07, 6.45) is 0. The Morgan fingerprint density at radius 3 is 2.50 bits per heavy atom. The predicted molar refractivity (Wildman–Crippen MR) is 105 cm³/mol. The van der Waals surface area contributed by atoms with E-state index in [-0.39, 0.29) is 17.6 Å². The molecule has 0 radical (unpaired) electrons. The van der Waals surface area contributed by atoms with E-state index in [0.29, 0.717) is 11.7 Å². The number of carbonyl (C=O) groups is 1. The summed E-state index contributed by atoms with van der Waals surface area (Å²) in [6.45, 7) is 4.11. The van der Waals surface area contributed by atoms with Gasteiger partial charge in [-0.3, -0.25) is 10.1 Å². The highest BCUT2D eigenvalue weighted by Crippen LogP contribution is 2.23. The van der Waals surface area contributed by atoms with Gasteiger partial charge in [-0.25, -0.2) is 0 Å². The Hall–Kier alpha value is -1.92. The van der Waals surface area contributed by atoms with Gasteiger partial charge in [0.05, 0.1) is 0 Å². The molecule has 0 saturated carbocycles. The van der Waals surface area contributed by atoms with Gasteiger partial charge in [-0.1, -0.05) is 48.0 Å². The van der Waals surface area contributed by atoms with Crippen LogP contribution in [0.5, 0.6) is 5.75 Å². The molecule has 2 aromatic rings. The number of para-hydroxylation sites is 1. The van der Waals surface area contributed by atoms with E-state index in [4.69, 9.17) is 17.0 Å². The quantitative estimate of drug-likeness (QED) is 0.719. The zero-order valence-corrected chi connectivity index (χ0v) is 15.9. The lowest BCUT2D eigenvalue weighted by Gasteiger charge is -2.15. The van der Waals surface area contributed by atoms with Crippen LogP contribution in [0.1, 0.15) is 25.3 Å². The van der Waals surface area contributed by atoms with Crippen LogP contribution < -0.4 is 15.4 Å². The number of nitrogens with one attached hydrogen (secondary N) is 2. The lowest BCUT2D eigenvalue weighted by atomic mass is 10.0. The van der Waals surface area contributed by atoms with Crippen molar-refractivity contribution in [2.24, 2.45) is 0 Å². The van der Waals surface area contributed by atoms with Gasteiger partial charge in [0.1, 0.15) is 5.75 Å². The Balaban J connectivity index is 1.86. The Labute approximate surface area is 155 Å². The van der Waals surface area contributed by atoms with Crippen LogP contribution in [0.2, 0.25) is 0 Å². The molecule has 0 saturated heterocycles. The maximum Gasteiger partial charge on any atom is 0.264 e. The van der Waals surface area contributed by atoms with Crippen LogP contribution in [0.4, 0.5) is 5.69 Å². The summed E-state index contributed by atoms with van der Waals surface area (Å²) in [4.78, 5) is 11.9. The number of anilines is 1. The van der Waals surface area contributed by atoms with Crippen molar-refractivity contribution >= 4 is 44.9 Å². The molecule has 24 heavy (non-hydrogen) atoms. The van der Waals surface area contributed by atoms with Gasteiger partial charge in [-0.2, -0.15) is 0 Å². The Bertz CT molecular complexity index is 717. The molecular weight excluding hydrogens is 388 g/mol. The SMILES string of the molecule is CC(C)c1ccccc1NC(=S)NC(=O)COc1ccc(Br)cc1. The molecule has 0 atom stereocenters. The molecule has 6 heteroatoms. The number of hydrogen-bond acceptors (Lipinski definition) is 3. The van der Waals surface area contributed by atoms with Crippen LogP contribution in [-0.2, 0) is 4.79 Å². The minimum atomic E-state index is -0.308. The fraction of sp³-hybridized carbons (Fsp3) is 0.222. The summed E-state index contributed by atoms with van der Waals surface area (Å²) in [5.74, 6) is 0.669. The molecule has 0 spiro atoms. The van der Waals surface area contributed by atoms with Crippen molar-refractivity contribution in [3.63, 3.8) is 0 Å². The molecule has 0 fully saturated rings. The van der Waals surface area contributed by atoms with E-state index in [9.17, 15) is 4.79 Å². The summed E-state index contributed by atoms with van der Waals surface area (Å²) in [6, 6.07) is 15.1. The van der Waals surface area contributed by atoms with Crippen molar-refractivity contribution in [2.45, 2.75) is 19.8 Å². The lowest BCUT2D eigenvalue weighted by Crippen LogP contribution is -2.37. The van der Waals surface area contributed by atoms with Crippen LogP contribution in [0.25, 0.3) is 0 Å². The van der Waals surface area contributed by atoms with Crippen LogP contribution in [0, 0.1) is 0 Å². The van der Waals surface area contributed by atoms with E-state index in [2.05, 4.69) is 40.4 Å². The van der Waals surface area contributed by atoms with Gasteiger partial charge in [0.2, 0.25) is 0 Å². The average Bonchev–Trinajstić information content (AvgIpc) is 2.54. The van der Waals surface area contributed by atoms with E-state index >= 15 is 0 Å². The zero-order valence-electron chi connectivity index (χ0n) is 13.5. The van der Waals surface area contributed by atoms with Crippen LogP contribution in [-0.4, -0.2) is 17.6 Å². The Morgan fingerprint density at radius 1 is 1.17 bits per heavy atom. The second kappa shape index (κ2) is 8.80. The van der Waals surface area contributed by atoms with E-state index in [1.165, 1.54) is 0 Å². The third-order valence-corrected chi connectivity index (χ3v) is 4.00. The third kappa shape index (κ3) is 5.62. The van der Waals surface area contributed by atoms with Crippen LogP contribution in [0.3, 0.4) is 0 Å². The smallest absolute Gasteiger partial charge is 0.264 e. The Kier molecular flexibility index (Phi) is 6.75. The summed E-state index contributed by atoms with van der Waals surface area (Å²) >= 11 is 8.55. The third-order valence-electron chi connectivity index (χ3n) is 3.27. The van der Waals surface area contributed by atoms with Gasteiger partial charge in [0.15, 0.2) is 11.7 Å². The zero-order chi connectivity index (χ0) is 17.5. The maximum absolute atomic E-state index is 11.9. The van der Waals surface area contributed by atoms with Crippen LogP contribution in [0.15, 0.2) is 53.0 Å². The summed E-state index contributed by atoms with van der Waals surface area (Å²) in [7, 11) is 0. The fourth-order valence-electron chi connectivity index (χ4n) is 2.11. The first-order valence-corrected chi connectivity index (χ1v) is 8.74. The predicted octanol–water partition coefficient (Wildman–Crippen LogP) is 4.46. The molecular formula is C18H19BrN2O2S. The highest BCUT2D eigenvalue weighted by molar-refractivity contribution is 9.10. The number of halogens is 1. The highest BCUT2D eigenvalue weighted by atomic mass is 79.9. The van der Waals surface area contributed by atoms with Crippen molar-refractivity contribution in [3.05, 3.63) is 58.6 Å². The van der Waals surface area contributed by atoms with Crippen molar-refractivity contribution in [3.8, 4) is 5.75 Å². The van der Waals surface area contributed by atoms with E-state index < -0.39 is 0 Å². The molecule has 2 N–H and O–H groups in total. The van der Waals surface area contributed by atoms with Gasteiger partial charge in [-0.05, 0) is 54.0 Å². The van der Waals surface area contributed by atoms with Crippen molar-refractivity contribution in [1.29, 1.82) is 0 Å². The van der Waals surface area contributed by atoms with Gasteiger partial charge < -0.3 is 10.1 Å². The first kappa shape index (κ1) is 18.4. The van der Waals surface area contributed by atoms with E-state index in [1.54, 1.807) is 12.1 Å². The van der Waals surface area contributed by atoms with Gasteiger partial charge in [0, 0.05) is 10.2 Å². The summed E-state index contributed by atoms with van der Waals surface area (Å²) in [5.41, 5.74) is 2.03. The molecule has 0 bridgehead atoms. The molecule has 0 aliphatic carbocycles. The van der Waals surface area contributed by atoms with Crippen molar-refractivity contribution in [2.75, 3.05) is 11.9 Å². The number of benzene rings is 2. The van der Waals surface area contributed by atoms with E-state index in [0.717, 1.165) is 15.7 Å². The molecule has 1 amide bonds. The van der Waals surface area contributed by atoms with Gasteiger partial charge in [0.25, 0.3) is 5.91 Å². The largest absolute Gasteiger partial charge is 0.484 e. The second-order valence-corrected chi connectivity index (χ2v) is 6.81. The molecule has 0 unspecified atom stereocenters. The lowest BCUT2D eigenvalue weighted by molar-refractivity contribution is -0.121. The van der Waals surface area contributed by atoms with Crippen molar-refractivity contribution in [1.82, 2.24) is 5.32 Å². The monoisotopic (exact) mass is 406 g/mol. The number of carbonyl (C=O) groups excluding carboxylic acids is 1. The number of hydrogen-bond donors (Lipinski definition) is 2. The molecule has 126 valence electrons. The number of amides is 1. The Morgan fingerprint density at radius 2 is 1.83 bits per heavy atom. The number of rotatable bonds is 5. The molecule has 2 rings (SSSR count).